The molecule has 0 spiro atoms. The first-order chi connectivity index (χ1) is 5.15. The molecule has 0 unspecified atom stereocenters. The van der Waals surface area contributed by atoms with Crippen molar-refractivity contribution in [3.05, 3.63) is 17.7 Å². The molecule has 0 heterocycles. The second-order valence-electron chi connectivity index (χ2n) is 2.34. The lowest BCUT2D eigenvalue weighted by molar-refractivity contribution is 0.381. The summed E-state index contributed by atoms with van der Waals surface area (Å²) in [6.45, 7) is 1.77. The van der Waals surface area contributed by atoms with Crippen molar-refractivity contribution in [3.63, 3.8) is 0 Å². The molecule has 0 fully saturated rings. The topological polar surface area (TPSA) is 78.5 Å². The van der Waals surface area contributed by atoms with E-state index >= 15 is 0 Å². The van der Waals surface area contributed by atoms with E-state index in [1.165, 1.54) is 12.1 Å². The molecule has 1 aromatic carbocycles. The average Bonchev–Trinajstić information content (AvgIpc) is 1.97. The summed E-state index contributed by atoms with van der Waals surface area (Å²) in [5.74, 6) is -0.0146. The average molecular weight is 154 g/mol. The molecule has 4 heteroatoms. The Morgan fingerprint density at radius 2 is 2.09 bits per heavy atom. The third-order valence-corrected chi connectivity index (χ3v) is 1.50. The van der Waals surface area contributed by atoms with Gasteiger partial charge in [-0.05, 0) is 24.6 Å². The van der Waals surface area contributed by atoms with E-state index < -0.39 is 0 Å². The van der Waals surface area contributed by atoms with E-state index in [4.69, 9.17) is 16.0 Å². The van der Waals surface area contributed by atoms with Crippen LogP contribution < -0.4 is 11.2 Å². The van der Waals surface area contributed by atoms with Crippen molar-refractivity contribution in [3.8, 4) is 5.75 Å². The predicted molar refractivity (Wildman–Crippen MR) is 42.7 cm³/mol. The quantitative estimate of drug-likeness (QED) is 0.211. The highest BCUT2D eigenvalue weighted by Crippen LogP contribution is 2.27. The fraction of sp³-hybridized carbons (Fsp3) is 0.143. The van der Waals surface area contributed by atoms with Crippen molar-refractivity contribution in [1.82, 2.24) is 0 Å². The number of aromatic hydroxyl groups is 1. The van der Waals surface area contributed by atoms with Gasteiger partial charge in [-0.25, -0.2) is 0 Å². The van der Waals surface area contributed by atoms with Crippen molar-refractivity contribution < 1.29 is 10.3 Å². The number of aryl methyl sites for hydroxylation is 1. The number of anilines is 2. The lowest BCUT2D eigenvalue weighted by atomic mass is 10.2. The SMILES string of the molecule is Cc1cc(O)c(NO)cc1N. The maximum Gasteiger partial charge on any atom is 0.141 e. The number of benzene rings is 1. The lowest BCUT2D eigenvalue weighted by Gasteiger charge is -2.05. The normalized spacial score (nSPS) is 9.64. The molecule has 60 valence electrons. The van der Waals surface area contributed by atoms with Gasteiger partial charge in [0.15, 0.2) is 0 Å². The number of nitrogens with two attached hydrogens (primary N) is 1. The molecule has 5 N–H and O–H groups in total. The number of phenolic OH excluding ortho intramolecular Hbond substituents is 1. The van der Waals surface area contributed by atoms with Gasteiger partial charge in [0.05, 0.1) is 0 Å². The zero-order chi connectivity index (χ0) is 8.43. The Morgan fingerprint density at radius 3 is 2.64 bits per heavy atom. The fourth-order valence-corrected chi connectivity index (χ4v) is 0.799. The van der Waals surface area contributed by atoms with E-state index in [-0.39, 0.29) is 11.4 Å². The van der Waals surface area contributed by atoms with Gasteiger partial charge < -0.3 is 10.8 Å². The Labute approximate surface area is 64.2 Å². The number of nitrogen functional groups attached to an aromatic ring is 1. The first-order valence-electron chi connectivity index (χ1n) is 3.14. The van der Waals surface area contributed by atoms with Gasteiger partial charge in [0.1, 0.15) is 11.4 Å². The van der Waals surface area contributed by atoms with Gasteiger partial charge >= 0.3 is 0 Å². The van der Waals surface area contributed by atoms with Gasteiger partial charge in [-0.1, -0.05) is 0 Å². The van der Waals surface area contributed by atoms with Crippen molar-refractivity contribution in [2.75, 3.05) is 11.2 Å². The first-order valence-corrected chi connectivity index (χ1v) is 3.14. The van der Waals surface area contributed by atoms with Crippen molar-refractivity contribution in [2.24, 2.45) is 0 Å². The highest BCUT2D eigenvalue weighted by Gasteiger charge is 2.02. The van der Waals surface area contributed by atoms with Crippen LogP contribution in [0.1, 0.15) is 5.56 Å². The summed E-state index contributed by atoms with van der Waals surface area (Å²) in [7, 11) is 0. The first kappa shape index (κ1) is 7.68. The summed E-state index contributed by atoms with van der Waals surface area (Å²) < 4.78 is 0. The molecule has 0 aliphatic heterocycles. The van der Waals surface area contributed by atoms with Crippen molar-refractivity contribution in [2.45, 2.75) is 6.92 Å². The zero-order valence-electron chi connectivity index (χ0n) is 6.13. The summed E-state index contributed by atoms with van der Waals surface area (Å²) >= 11 is 0. The van der Waals surface area contributed by atoms with Crippen LogP contribution in [0.25, 0.3) is 0 Å². The number of hydrogen-bond donors (Lipinski definition) is 4. The Balaban J connectivity index is 3.21. The molecule has 0 aliphatic rings. The number of nitrogens with one attached hydrogen (secondary N) is 1. The van der Waals surface area contributed by atoms with E-state index in [1.807, 2.05) is 5.48 Å². The standard InChI is InChI=1S/C7H10N2O2/c1-4-2-7(10)6(9-11)3-5(4)8/h2-3,9-11H,8H2,1H3. The van der Waals surface area contributed by atoms with E-state index in [0.29, 0.717) is 5.69 Å². The lowest BCUT2D eigenvalue weighted by Crippen LogP contribution is -1.94. The van der Waals surface area contributed by atoms with Crippen LogP contribution in [0.15, 0.2) is 12.1 Å². The van der Waals surface area contributed by atoms with Gasteiger partial charge in [0, 0.05) is 5.69 Å². The molecule has 1 rings (SSSR count). The van der Waals surface area contributed by atoms with E-state index in [2.05, 4.69) is 0 Å². The van der Waals surface area contributed by atoms with E-state index in [1.54, 1.807) is 6.92 Å². The minimum Gasteiger partial charge on any atom is -0.506 e. The van der Waals surface area contributed by atoms with Crippen LogP contribution in [0.4, 0.5) is 11.4 Å². The van der Waals surface area contributed by atoms with Gasteiger partial charge in [-0.3, -0.25) is 10.7 Å². The van der Waals surface area contributed by atoms with Crippen LogP contribution in [-0.4, -0.2) is 10.3 Å². The third-order valence-electron chi connectivity index (χ3n) is 1.50. The summed E-state index contributed by atoms with van der Waals surface area (Å²) in [5, 5.41) is 17.6. The molecule has 0 radical (unpaired) electrons. The second-order valence-corrected chi connectivity index (χ2v) is 2.34. The van der Waals surface area contributed by atoms with Crippen molar-refractivity contribution >= 4 is 11.4 Å². The molecule has 0 aromatic heterocycles. The minimum atomic E-state index is -0.0146. The Hall–Kier alpha value is -1.42. The molecule has 0 saturated carbocycles. The molecular weight excluding hydrogens is 144 g/mol. The molecule has 0 amide bonds. The van der Waals surface area contributed by atoms with Gasteiger partial charge in [-0.15, -0.1) is 0 Å². The maximum atomic E-state index is 9.14. The van der Waals surface area contributed by atoms with Gasteiger partial charge in [0.2, 0.25) is 0 Å². The maximum absolute atomic E-state index is 9.14. The molecule has 0 bridgehead atoms. The van der Waals surface area contributed by atoms with Crippen LogP contribution in [0.5, 0.6) is 5.75 Å². The number of hydrogen-bond acceptors (Lipinski definition) is 4. The second kappa shape index (κ2) is 2.67. The highest BCUT2D eigenvalue weighted by molar-refractivity contribution is 5.65. The smallest absolute Gasteiger partial charge is 0.141 e. The zero-order valence-corrected chi connectivity index (χ0v) is 6.13. The molecule has 1 aromatic rings. The minimum absolute atomic E-state index is 0.0146. The van der Waals surface area contributed by atoms with Crippen LogP contribution in [0, 0.1) is 6.92 Å². The summed E-state index contributed by atoms with van der Waals surface area (Å²) in [6.07, 6.45) is 0. The van der Waals surface area contributed by atoms with Crippen molar-refractivity contribution in [1.29, 1.82) is 0 Å². The third kappa shape index (κ3) is 1.35. The summed E-state index contributed by atoms with van der Waals surface area (Å²) in [4.78, 5) is 0. The monoisotopic (exact) mass is 154 g/mol. The van der Waals surface area contributed by atoms with Gasteiger partial charge in [0.25, 0.3) is 0 Å². The Kier molecular flexibility index (Phi) is 1.87. The summed E-state index contributed by atoms with van der Waals surface area (Å²) in [5.41, 5.74) is 8.86. The molecule has 4 nitrogen and oxygen atoms in total. The van der Waals surface area contributed by atoms with Crippen LogP contribution in [0.3, 0.4) is 0 Å². The largest absolute Gasteiger partial charge is 0.506 e. The molecule has 11 heavy (non-hydrogen) atoms. The van der Waals surface area contributed by atoms with Crippen LogP contribution >= 0.6 is 0 Å². The van der Waals surface area contributed by atoms with Crippen LogP contribution in [-0.2, 0) is 0 Å². The molecule has 0 saturated heterocycles. The number of phenols is 1. The Morgan fingerprint density at radius 1 is 1.45 bits per heavy atom. The molecule has 0 atom stereocenters. The predicted octanol–water partition coefficient (Wildman–Crippen LogP) is 1.08. The fourth-order valence-electron chi connectivity index (χ4n) is 0.799. The highest BCUT2D eigenvalue weighted by atomic mass is 16.5. The van der Waals surface area contributed by atoms with E-state index in [9.17, 15) is 0 Å². The van der Waals surface area contributed by atoms with Crippen LogP contribution in [0.2, 0.25) is 0 Å². The molecule has 0 aliphatic carbocycles. The Bertz CT molecular complexity index is 273. The summed E-state index contributed by atoms with van der Waals surface area (Å²) in [6, 6.07) is 2.94. The van der Waals surface area contributed by atoms with E-state index in [0.717, 1.165) is 5.56 Å². The number of rotatable bonds is 1. The van der Waals surface area contributed by atoms with Gasteiger partial charge in [-0.2, -0.15) is 0 Å². The molecular formula is C7H10N2O2.